The minimum absolute atomic E-state index is 0. The van der Waals surface area contributed by atoms with Crippen molar-refractivity contribution in [3.8, 4) is 0 Å². The van der Waals surface area contributed by atoms with E-state index >= 15 is 0 Å². The van der Waals surface area contributed by atoms with E-state index in [1.165, 1.54) is 44.9 Å². The molecule has 2 bridgehead atoms. The molecule has 0 aromatic carbocycles. The van der Waals surface area contributed by atoms with E-state index in [-0.39, 0.29) is 17.9 Å². The highest BCUT2D eigenvalue weighted by Gasteiger charge is 2.34. The molecule has 3 fully saturated rings. The Morgan fingerprint density at radius 2 is 1.64 bits per heavy atom. The van der Waals surface area contributed by atoms with Gasteiger partial charge in [0.1, 0.15) is 0 Å². The predicted molar refractivity (Wildman–Crippen MR) is 50.0 cm³/mol. The molecule has 1 nitrogen and oxygen atoms in total. The average molecular weight is 176 g/mol. The summed E-state index contributed by atoms with van der Waals surface area (Å²) in [5.74, 6) is 1.04. The summed E-state index contributed by atoms with van der Waals surface area (Å²) < 4.78 is 0. The summed E-state index contributed by atoms with van der Waals surface area (Å²) in [5, 5.41) is 0. The third-order valence-electron chi connectivity index (χ3n) is 3.39. The molecule has 0 spiro atoms. The molecule has 0 aromatic rings. The normalized spacial score (nSPS) is 42.8. The van der Waals surface area contributed by atoms with Crippen LogP contribution in [0.5, 0.6) is 0 Å². The largest absolute Gasteiger partial charge is 0.325 e. The summed E-state index contributed by atoms with van der Waals surface area (Å²) >= 11 is 0. The van der Waals surface area contributed by atoms with E-state index < -0.39 is 0 Å². The number of nitrogens with two attached hydrogens (primary N) is 1. The van der Waals surface area contributed by atoms with Crippen molar-refractivity contribution in [2.75, 3.05) is 0 Å². The van der Waals surface area contributed by atoms with Gasteiger partial charge in [-0.3, -0.25) is 0 Å². The highest BCUT2D eigenvalue weighted by atomic mass is 35.5. The van der Waals surface area contributed by atoms with Crippen LogP contribution in [-0.2, 0) is 0 Å². The summed E-state index contributed by atoms with van der Waals surface area (Å²) in [6, 6.07) is 0. The van der Waals surface area contributed by atoms with Crippen LogP contribution in [0.4, 0.5) is 0 Å². The van der Waals surface area contributed by atoms with Crippen molar-refractivity contribution in [3.63, 3.8) is 0 Å². The van der Waals surface area contributed by atoms with Crippen molar-refractivity contribution < 1.29 is 0 Å². The van der Waals surface area contributed by atoms with E-state index in [4.69, 9.17) is 5.73 Å². The number of hydrogen-bond donors (Lipinski definition) is 1. The van der Waals surface area contributed by atoms with Crippen LogP contribution in [0, 0.1) is 5.92 Å². The lowest BCUT2D eigenvalue weighted by Gasteiger charge is -2.32. The van der Waals surface area contributed by atoms with Gasteiger partial charge in [0.15, 0.2) is 0 Å². The van der Waals surface area contributed by atoms with Gasteiger partial charge in [0, 0.05) is 5.54 Å². The molecule has 0 atom stereocenters. The van der Waals surface area contributed by atoms with Crippen LogP contribution in [0.1, 0.15) is 44.9 Å². The van der Waals surface area contributed by atoms with Crippen molar-refractivity contribution in [1.29, 1.82) is 0 Å². The van der Waals surface area contributed by atoms with Gasteiger partial charge in [-0.15, -0.1) is 12.4 Å². The molecule has 0 unspecified atom stereocenters. The maximum absolute atomic E-state index is 6.20. The van der Waals surface area contributed by atoms with Gasteiger partial charge in [0.25, 0.3) is 0 Å². The molecule has 3 rings (SSSR count). The molecule has 0 aromatic heterocycles. The maximum Gasteiger partial charge on any atom is 0.0154 e. The van der Waals surface area contributed by atoms with Crippen LogP contribution < -0.4 is 5.73 Å². The van der Waals surface area contributed by atoms with Crippen molar-refractivity contribution in [1.82, 2.24) is 0 Å². The van der Waals surface area contributed by atoms with Crippen LogP contribution in [-0.4, -0.2) is 5.54 Å². The van der Waals surface area contributed by atoms with Crippen molar-refractivity contribution in [2.45, 2.75) is 50.5 Å². The lowest BCUT2D eigenvalue weighted by Crippen LogP contribution is -2.41. The van der Waals surface area contributed by atoms with E-state index in [1.54, 1.807) is 0 Å². The van der Waals surface area contributed by atoms with E-state index in [0.717, 1.165) is 5.92 Å². The number of halogens is 1. The molecule has 2 heteroatoms. The number of hydrogen-bond acceptors (Lipinski definition) is 1. The molecule has 0 radical (unpaired) electrons. The second kappa shape index (κ2) is 3.32. The van der Waals surface area contributed by atoms with Gasteiger partial charge < -0.3 is 5.73 Å². The summed E-state index contributed by atoms with van der Waals surface area (Å²) in [4.78, 5) is 0. The lowest BCUT2D eigenvalue weighted by molar-refractivity contribution is 0.263. The second-order valence-electron chi connectivity index (χ2n) is 4.20. The molecule has 3 saturated carbocycles. The first-order valence-electron chi connectivity index (χ1n) is 4.57. The summed E-state index contributed by atoms with van der Waals surface area (Å²) in [5.41, 5.74) is 6.47. The molecular formula is C9H18ClN. The van der Waals surface area contributed by atoms with E-state index in [9.17, 15) is 0 Å². The number of fused-ring (bicyclic) bond motifs is 4. The molecule has 11 heavy (non-hydrogen) atoms. The van der Waals surface area contributed by atoms with Crippen molar-refractivity contribution in [2.24, 2.45) is 11.7 Å². The summed E-state index contributed by atoms with van der Waals surface area (Å²) in [6.07, 6.45) is 9.58. The standard InChI is InChI=1S/C9H17N.ClH/c10-9-5-1-2-8(3-6-9)4-7-9;/h8H,1-7,10H2;1H. The predicted octanol–water partition coefficient (Wildman–Crippen LogP) is 2.48. The molecule has 66 valence electrons. The fourth-order valence-corrected chi connectivity index (χ4v) is 2.53. The van der Waals surface area contributed by atoms with E-state index in [2.05, 4.69) is 0 Å². The second-order valence-corrected chi connectivity index (χ2v) is 4.20. The Balaban J connectivity index is 0.000000605. The topological polar surface area (TPSA) is 26.0 Å². The quantitative estimate of drug-likeness (QED) is 0.602. The molecule has 0 amide bonds. The zero-order valence-corrected chi connectivity index (χ0v) is 7.83. The maximum atomic E-state index is 6.20. The fraction of sp³-hybridized carbons (Fsp3) is 1.00. The Labute approximate surface area is 75.1 Å². The average Bonchev–Trinajstić information content (AvgIpc) is 2.19. The molecule has 0 heterocycles. The third kappa shape index (κ3) is 1.88. The molecule has 3 aliphatic rings. The summed E-state index contributed by atoms with van der Waals surface area (Å²) in [6.45, 7) is 0. The Kier molecular flexibility index (Phi) is 2.82. The van der Waals surface area contributed by atoms with Crippen LogP contribution >= 0.6 is 12.4 Å². The van der Waals surface area contributed by atoms with Gasteiger partial charge in [-0.2, -0.15) is 0 Å². The minimum Gasteiger partial charge on any atom is -0.325 e. The minimum atomic E-state index is 0. The Morgan fingerprint density at radius 3 is 2.27 bits per heavy atom. The molecule has 3 aliphatic carbocycles. The van der Waals surface area contributed by atoms with Gasteiger partial charge in [-0.1, -0.05) is 12.8 Å². The van der Waals surface area contributed by atoms with Crippen molar-refractivity contribution >= 4 is 12.4 Å². The van der Waals surface area contributed by atoms with Gasteiger partial charge in [-0.25, -0.2) is 0 Å². The highest BCUT2D eigenvalue weighted by molar-refractivity contribution is 5.85. The first kappa shape index (κ1) is 9.34. The lowest BCUT2D eigenvalue weighted by atomic mass is 9.79. The van der Waals surface area contributed by atoms with Gasteiger partial charge >= 0.3 is 0 Å². The SMILES string of the molecule is Cl.NC12CCCC(CC1)CC2. The van der Waals surface area contributed by atoms with E-state index in [0.29, 0.717) is 0 Å². The summed E-state index contributed by atoms with van der Waals surface area (Å²) in [7, 11) is 0. The first-order valence-corrected chi connectivity index (χ1v) is 4.57. The third-order valence-corrected chi connectivity index (χ3v) is 3.39. The molecule has 0 saturated heterocycles. The van der Waals surface area contributed by atoms with Crippen molar-refractivity contribution in [3.05, 3.63) is 0 Å². The van der Waals surface area contributed by atoms with E-state index in [1.807, 2.05) is 0 Å². The van der Waals surface area contributed by atoms with Gasteiger partial charge in [0.05, 0.1) is 0 Å². The van der Waals surface area contributed by atoms with Crippen LogP contribution in [0.2, 0.25) is 0 Å². The van der Waals surface area contributed by atoms with Gasteiger partial charge in [0.2, 0.25) is 0 Å². The fourth-order valence-electron chi connectivity index (χ4n) is 2.53. The first-order chi connectivity index (χ1) is 4.79. The zero-order chi connectivity index (χ0) is 7.03. The highest BCUT2D eigenvalue weighted by Crippen LogP contribution is 2.40. The van der Waals surface area contributed by atoms with Crippen LogP contribution in [0.3, 0.4) is 0 Å². The smallest absolute Gasteiger partial charge is 0.0154 e. The van der Waals surface area contributed by atoms with Crippen LogP contribution in [0.25, 0.3) is 0 Å². The Bertz CT molecular complexity index is 122. The Hall–Kier alpha value is 0.250. The molecule has 0 aliphatic heterocycles. The number of rotatable bonds is 0. The zero-order valence-electron chi connectivity index (χ0n) is 7.01. The monoisotopic (exact) mass is 175 g/mol. The van der Waals surface area contributed by atoms with Crippen LogP contribution in [0.15, 0.2) is 0 Å². The Morgan fingerprint density at radius 1 is 1.00 bits per heavy atom. The molecular weight excluding hydrogens is 158 g/mol. The molecule has 2 N–H and O–H groups in total. The van der Waals surface area contributed by atoms with Gasteiger partial charge in [-0.05, 0) is 38.0 Å².